The highest BCUT2D eigenvalue weighted by atomic mass is 16.5. The molecule has 65 heavy (non-hydrogen) atoms. The molecule has 0 bridgehead atoms. The first-order valence-corrected chi connectivity index (χ1v) is 30.3. The number of rotatable bonds is 6. The molecule has 0 aliphatic heterocycles. The van der Waals surface area contributed by atoms with Crippen molar-refractivity contribution in [3.05, 3.63) is 0 Å². The second-order valence-corrected chi connectivity index (χ2v) is 22.9. The van der Waals surface area contributed by atoms with Crippen molar-refractivity contribution in [2.75, 3.05) is 13.2 Å². The Morgan fingerprint density at radius 2 is 0.385 bits per heavy atom. The Hall–Kier alpha value is -1.06. The lowest BCUT2D eigenvalue weighted by atomic mass is 9.92. The van der Waals surface area contributed by atoms with Gasteiger partial charge in [-0.05, 0) is 25.7 Å². The van der Waals surface area contributed by atoms with Gasteiger partial charge in [0.25, 0.3) is 0 Å². The number of hydrogen-bond donors (Lipinski definition) is 0. The molecule has 2 aliphatic carbocycles. The monoisotopic (exact) mass is 913 g/mol. The molecule has 0 aromatic heterocycles. The van der Waals surface area contributed by atoms with Crippen LogP contribution in [0.3, 0.4) is 0 Å². The molecule has 0 heterocycles. The highest BCUT2D eigenvalue weighted by molar-refractivity contribution is 5.73. The Bertz CT molecular complexity index is 887. The molecular formula is C61H116O4. The molecule has 0 N–H and O–H groups in total. The molecule has 0 spiro atoms. The van der Waals surface area contributed by atoms with Gasteiger partial charge in [-0.3, -0.25) is 9.59 Å². The normalized spacial score (nSPS) is 22.9. The van der Waals surface area contributed by atoms with Crippen molar-refractivity contribution in [2.24, 2.45) is 17.3 Å². The number of ether oxygens (including phenoxy) is 2. The molecule has 0 amide bonds. The summed E-state index contributed by atoms with van der Waals surface area (Å²) in [5, 5.41) is 0. The minimum absolute atomic E-state index is 0.000747. The molecule has 0 atom stereocenters. The lowest BCUT2D eigenvalue weighted by molar-refractivity contribution is -0.158. The zero-order valence-corrected chi connectivity index (χ0v) is 44.5. The van der Waals surface area contributed by atoms with Gasteiger partial charge in [0.05, 0.1) is 25.0 Å². The van der Waals surface area contributed by atoms with Crippen LogP contribution in [0.5, 0.6) is 0 Å². The lowest BCUT2D eigenvalue weighted by Crippen LogP contribution is -2.31. The third-order valence-corrected chi connectivity index (χ3v) is 15.6. The summed E-state index contributed by atoms with van der Waals surface area (Å²) >= 11 is 0. The third kappa shape index (κ3) is 39.5. The fourth-order valence-electron chi connectivity index (χ4n) is 10.9. The Balaban J connectivity index is 1.81. The molecular weight excluding hydrogens is 797 g/mol. The average molecular weight is 914 g/mol. The summed E-state index contributed by atoms with van der Waals surface area (Å²) in [6, 6.07) is 0. The van der Waals surface area contributed by atoms with E-state index in [9.17, 15) is 9.59 Å². The van der Waals surface area contributed by atoms with Crippen LogP contribution in [-0.2, 0) is 19.1 Å². The zero-order chi connectivity index (χ0) is 46.4. The number of esters is 2. The minimum Gasteiger partial charge on any atom is -0.465 e. The van der Waals surface area contributed by atoms with Crippen LogP contribution in [0.2, 0.25) is 0 Å². The van der Waals surface area contributed by atoms with Gasteiger partial charge in [0, 0.05) is 5.41 Å². The van der Waals surface area contributed by atoms with E-state index in [2.05, 4.69) is 13.8 Å². The predicted octanol–water partition coefficient (Wildman–Crippen LogP) is 20.6. The number of hydrogen-bond acceptors (Lipinski definition) is 4. The Morgan fingerprint density at radius 1 is 0.262 bits per heavy atom. The summed E-state index contributed by atoms with van der Waals surface area (Å²) in [6.07, 6.45) is 69.2. The Kier molecular flexibility index (Phi) is 41.9. The fraction of sp³-hybridized carbons (Fsp3) is 0.967. The van der Waals surface area contributed by atoms with Crippen molar-refractivity contribution in [1.29, 1.82) is 0 Å². The summed E-state index contributed by atoms with van der Waals surface area (Å²) in [4.78, 5) is 27.4. The summed E-state index contributed by atoms with van der Waals surface area (Å²) in [6.45, 7) is 4.84. The van der Waals surface area contributed by atoms with Crippen LogP contribution in [0.25, 0.3) is 0 Å². The molecule has 2 rings (SSSR count). The highest BCUT2D eigenvalue weighted by Gasteiger charge is 2.28. The van der Waals surface area contributed by atoms with Crippen LogP contribution in [0.1, 0.15) is 348 Å². The average Bonchev–Trinajstić information content (AvgIpc) is 3.30. The SMILES string of the molecule is CC(C)(COC(=O)C1CCCCCCCCCCCCCCCCCCCCCCCCCC1)COC(=O)C1CCCCCCCCCCCCCCCCCCCCCCCCCC1. The van der Waals surface area contributed by atoms with Crippen LogP contribution in [0, 0.1) is 17.3 Å². The summed E-state index contributed by atoms with van der Waals surface area (Å²) in [5.74, 6) is -0.0262. The van der Waals surface area contributed by atoms with E-state index in [0.717, 1.165) is 51.4 Å². The molecule has 0 aromatic rings. The minimum atomic E-state index is -0.396. The van der Waals surface area contributed by atoms with Crippen LogP contribution in [0.15, 0.2) is 0 Å². The summed E-state index contributed by atoms with van der Waals surface area (Å²) in [7, 11) is 0. The quantitative estimate of drug-likeness (QED) is 0.249. The van der Waals surface area contributed by atoms with E-state index in [1.807, 2.05) is 0 Å². The molecule has 4 heteroatoms. The van der Waals surface area contributed by atoms with E-state index in [0.29, 0.717) is 13.2 Å². The zero-order valence-electron chi connectivity index (χ0n) is 44.5. The summed E-state index contributed by atoms with van der Waals surface area (Å²) in [5.41, 5.74) is -0.396. The van der Waals surface area contributed by atoms with Gasteiger partial charge in [-0.2, -0.15) is 0 Å². The fourth-order valence-corrected chi connectivity index (χ4v) is 10.9. The maximum absolute atomic E-state index is 13.7. The van der Waals surface area contributed by atoms with Crippen LogP contribution >= 0.6 is 0 Å². The molecule has 0 radical (unpaired) electrons. The third-order valence-electron chi connectivity index (χ3n) is 15.6. The van der Waals surface area contributed by atoms with Crippen LogP contribution in [-0.4, -0.2) is 25.2 Å². The largest absolute Gasteiger partial charge is 0.465 e. The van der Waals surface area contributed by atoms with Gasteiger partial charge >= 0.3 is 11.9 Å². The second-order valence-electron chi connectivity index (χ2n) is 22.9. The van der Waals surface area contributed by atoms with Crippen molar-refractivity contribution < 1.29 is 19.1 Å². The standard InChI is InChI=1S/C61H116O4/c1-61(2,55-64-59(62)57-51-47-43-39-35-31-27-23-19-15-11-7-3-4-8-12-16-20-24-28-32-36-40-44-48-52-57)56-65-60(63)58-53-49-45-41-37-33-29-25-21-17-13-9-5-6-10-14-18-22-26-30-34-38-42-46-50-54-58/h57-58H,3-56H2,1-2H3. The molecule has 2 fully saturated rings. The Morgan fingerprint density at radius 3 is 0.523 bits per heavy atom. The highest BCUT2D eigenvalue weighted by Crippen LogP contribution is 2.27. The first-order chi connectivity index (χ1) is 32.0. The van der Waals surface area contributed by atoms with E-state index in [1.54, 1.807) is 0 Å². The van der Waals surface area contributed by atoms with Gasteiger partial charge in [0.1, 0.15) is 0 Å². The van der Waals surface area contributed by atoms with Gasteiger partial charge in [-0.1, -0.05) is 322 Å². The summed E-state index contributed by atoms with van der Waals surface area (Å²) < 4.78 is 12.3. The molecule has 0 saturated heterocycles. The van der Waals surface area contributed by atoms with Gasteiger partial charge in [-0.15, -0.1) is 0 Å². The Labute approximate surface area is 407 Å². The molecule has 2 saturated carbocycles. The number of carbonyl (C=O) groups excluding carboxylic acids is 2. The van der Waals surface area contributed by atoms with E-state index < -0.39 is 5.41 Å². The molecule has 2 aliphatic rings. The predicted molar refractivity (Wildman–Crippen MR) is 283 cm³/mol. The second kappa shape index (κ2) is 45.4. The number of carbonyl (C=O) groups is 2. The van der Waals surface area contributed by atoms with E-state index in [1.165, 1.54) is 283 Å². The van der Waals surface area contributed by atoms with Crippen molar-refractivity contribution >= 4 is 11.9 Å². The maximum Gasteiger partial charge on any atom is 0.308 e. The maximum atomic E-state index is 13.7. The molecule has 0 aromatic carbocycles. The van der Waals surface area contributed by atoms with Crippen molar-refractivity contribution in [2.45, 2.75) is 348 Å². The van der Waals surface area contributed by atoms with Crippen LogP contribution in [0.4, 0.5) is 0 Å². The van der Waals surface area contributed by atoms with E-state index in [4.69, 9.17) is 9.47 Å². The van der Waals surface area contributed by atoms with Crippen molar-refractivity contribution in [3.63, 3.8) is 0 Å². The molecule has 4 nitrogen and oxygen atoms in total. The van der Waals surface area contributed by atoms with Gasteiger partial charge < -0.3 is 9.47 Å². The first-order valence-electron chi connectivity index (χ1n) is 30.3. The van der Waals surface area contributed by atoms with E-state index in [-0.39, 0.29) is 23.8 Å². The smallest absolute Gasteiger partial charge is 0.308 e. The van der Waals surface area contributed by atoms with Crippen molar-refractivity contribution in [1.82, 2.24) is 0 Å². The van der Waals surface area contributed by atoms with Crippen molar-refractivity contribution in [3.8, 4) is 0 Å². The molecule has 384 valence electrons. The van der Waals surface area contributed by atoms with Gasteiger partial charge in [0.2, 0.25) is 0 Å². The first kappa shape index (κ1) is 60.1. The van der Waals surface area contributed by atoms with Gasteiger partial charge in [-0.25, -0.2) is 0 Å². The topological polar surface area (TPSA) is 52.6 Å². The lowest BCUT2D eigenvalue weighted by Gasteiger charge is -2.26. The van der Waals surface area contributed by atoms with Gasteiger partial charge in [0.15, 0.2) is 0 Å². The van der Waals surface area contributed by atoms with E-state index >= 15 is 0 Å². The van der Waals surface area contributed by atoms with Crippen LogP contribution < -0.4 is 0 Å². The molecule has 0 unspecified atom stereocenters.